The molecule has 0 N–H and O–H groups in total. The number of allylic oxidation sites excluding steroid dienone is 4. The topological polar surface area (TPSA) is 27.7 Å². The highest BCUT2D eigenvalue weighted by atomic mass is 28.4. The van der Waals surface area contributed by atoms with Crippen LogP contribution < -0.4 is 0 Å². The van der Waals surface area contributed by atoms with Crippen LogP contribution in [0, 0.1) is 0 Å². The van der Waals surface area contributed by atoms with Gasteiger partial charge in [-0.15, -0.1) is 0 Å². The van der Waals surface area contributed by atoms with Gasteiger partial charge in [-0.3, -0.25) is 0 Å². The molecule has 0 saturated heterocycles. The van der Waals surface area contributed by atoms with Crippen molar-refractivity contribution in [2.45, 2.75) is 194 Å². The van der Waals surface area contributed by atoms with Crippen LogP contribution in [-0.4, -0.2) is 29.1 Å². The summed E-state index contributed by atoms with van der Waals surface area (Å²) in [6.07, 6.45) is 46.5. The molecule has 0 aromatic carbocycles. The standard InChI is InChI=1S/C39H76O3Si/c1-5-8-10-12-14-16-18-20-22-24-26-28-30-32-34-36-38-41-43(7-3,40-4)42-39-37-35-33-31-29-27-25-23-21-19-17-15-13-11-9-6-2/h7,20-23H,3,5-6,8-19,24-39H2,1-2,4H3. The first-order chi connectivity index (χ1) is 21.2. The normalized spacial score (nSPS) is 13.4. The van der Waals surface area contributed by atoms with Crippen molar-refractivity contribution in [3.05, 3.63) is 36.6 Å². The zero-order valence-electron chi connectivity index (χ0n) is 29.5. The number of hydrogen-bond acceptors (Lipinski definition) is 3. The molecule has 43 heavy (non-hydrogen) atoms. The number of hydrogen-bond donors (Lipinski definition) is 0. The molecular formula is C39H76O3Si. The second-order valence-corrected chi connectivity index (χ2v) is 15.2. The summed E-state index contributed by atoms with van der Waals surface area (Å²) in [6, 6.07) is 0. The van der Waals surface area contributed by atoms with E-state index in [1.54, 1.807) is 12.8 Å². The lowest BCUT2D eigenvalue weighted by Crippen LogP contribution is -2.43. The van der Waals surface area contributed by atoms with E-state index < -0.39 is 8.80 Å². The summed E-state index contributed by atoms with van der Waals surface area (Å²) in [7, 11) is -1.01. The van der Waals surface area contributed by atoms with Crippen LogP contribution in [0.25, 0.3) is 0 Å². The third kappa shape index (κ3) is 31.1. The second-order valence-electron chi connectivity index (χ2n) is 12.6. The molecule has 0 aliphatic rings. The van der Waals surface area contributed by atoms with Crippen molar-refractivity contribution >= 4 is 8.80 Å². The molecule has 0 radical (unpaired) electrons. The molecule has 0 heterocycles. The molecule has 0 atom stereocenters. The Morgan fingerprint density at radius 3 is 0.977 bits per heavy atom. The Bertz CT molecular complexity index is 559. The Morgan fingerprint density at radius 2 is 0.698 bits per heavy atom. The van der Waals surface area contributed by atoms with Gasteiger partial charge in [0.2, 0.25) is 0 Å². The van der Waals surface area contributed by atoms with Gasteiger partial charge < -0.3 is 13.3 Å². The molecular weight excluding hydrogens is 545 g/mol. The Kier molecular flexibility index (Phi) is 35.2. The van der Waals surface area contributed by atoms with Crippen molar-refractivity contribution in [1.82, 2.24) is 0 Å². The molecule has 0 saturated carbocycles. The molecule has 254 valence electrons. The Balaban J connectivity index is 3.58. The van der Waals surface area contributed by atoms with Crippen molar-refractivity contribution < 1.29 is 13.3 Å². The third-order valence-corrected chi connectivity index (χ3v) is 10.7. The maximum absolute atomic E-state index is 6.14. The highest BCUT2D eigenvalue weighted by Crippen LogP contribution is 2.15. The average molecular weight is 621 g/mol. The van der Waals surface area contributed by atoms with E-state index in [4.69, 9.17) is 13.3 Å². The Morgan fingerprint density at radius 1 is 0.419 bits per heavy atom. The fourth-order valence-corrected chi connectivity index (χ4v) is 7.07. The van der Waals surface area contributed by atoms with Gasteiger partial charge in [0, 0.05) is 20.3 Å². The fraction of sp³-hybridized carbons (Fsp3) is 0.846. The minimum absolute atomic E-state index is 0.709. The molecule has 0 aromatic heterocycles. The van der Waals surface area contributed by atoms with Gasteiger partial charge in [0.15, 0.2) is 0 Å². The van der Waals surface area contributed by atoms with E-state index in [1.807, 2.05) is 0 Å². The maximum atomic E-state index is 6.14. The van der Waals surface area contributed by atoms with Gasteiger partial charge in [-0.1, -0.05) is 160 Å². The van der Waals surface area contributed by atoms with Gasteiger partial charge in [-0.05, 0) is 69.9 Å². The summed E-state index contributed by atoms with van der Waals surface area (Å²) in [5, 5.41) is 0. The van der Waals surface area contributed by atoms with Crippen LogP contribution in [0.3, 0.4) is 0 Å². The molecule has 0 aromatic rings. The summed E-state index contributed by atoms with van der Waals surface area (Å²) in [5.74, 6) is 0. The molecule has 4 heteroatoms. The Hall–Kier alpha value is -0.683. The van der Waals surface area contributed by atoms with Gasteiger partial charge in [-0.2, -0.15) is 0 Å². The predicted octanol–water partition coefficient (Wildman–Crippen LogP) is 13.4. The van der Waals surface area contributed by atoms with Crippen LogP contribution in [0.1, 0.15) is 194 Å². The molecule has 0 rings (SSSR count). The monoisotopic (exact) mass is 621 g/mol. The van der Waals surface area contributed by atoms with E-state index in [0.717, 1.165) is 12.8 Å². The van der Waals surface area contributed by atoms with Crippen LogP contribution in [0.15, 0.2) is 36.6 Å². The van der Waals surface area contributed by atoms with Gasteiger partial charge in [0.25, 0.3) is 0 Å². The van der Waals surface area contributed by atoms with E-state index in [0.29, 0.717) is 13.2 Å². The van der Waals surface area contributed by atoms with E-state index in [9.17, 15) is 0 Å². The lowest BCUT2D eigenvalue weighted by Gasteiger charge is -2.25. The minimum atomic E-state index is -2.71. The first kappa shape index (κ1) is 42.3. The minimum Gasteiger partial charge on any atom is -0.374 e. The molecule has 3 nitrogen and oxygen atoms in total. The fourth-order valence-electron chi connectivity index (χ4n) is 5.49. The number of rotatable bonds is 36. The van der Waals surface area contributed by atoms with E-state index in [1.165, 1.54) is 167 Å². The van der Waals surface area contributed by atoms with Crippen molar-refractivity contribution in [2.24, 2.45) is 0 Å². The first-order valence-electron chi connectivity index (χ1n) is 19.0. The van der Waals surface area contributed by atoms with Crippen LogP contribution in [0.5, 0.6) is 0 Å². The van der Waals surface area contributed by atoms with Gasteiger partial charge in [0.1, 0.15) is 0 Å². The molecule has 0 fully saturated rings. The SMILES string of the molecule is C=C[Si](OC)(OCCCCCCCCC=CCCCCCCCC)OCCCCCCCCC=CCCCCCCCC. The number of unbranched alkanes of at least 4 members (excludes halogenated alkanes) is 24. The summed E-state index contributed by atoms with van der Waals surface area (Å²) in [6.45, 7) is 9.96. The van der Waals surface area contributed by atoms with Gasteiger partial charge in [-0.25, -0.2) is 0 Å². The second kappa shape index (κ2) is 35.8. The van der Waals surface area contributed by atoms with Crippen LogP contribution >= 0.6 is 0 Å². The van der Waals surface area contributed by atoms with Gasteiger partial charge in [0.05, 0.1) is 0 Å². The van der Waals surface area contributed by atoms with E-state index in [2.05, 4.69) is 44.7 Å². The highest BCUT2D eigenvalue weighted by molar-refractivity contribution is 6.66. The lowest BCUT2D eigenvalue weighted by molar-refractivity contribution is 0.0869. The van der Waals surface area contributed by atoms with Crippen LogP contribution in [-0.2, 0) is 13.3 Å². The average Bonchev–Trinajstić information content (AvgIpc) is 3.03. The lowest BCUT2D eigenvalue weighted by atomic mass is 10.1. The molecule has 0 amide bonds. The van der Waals surface area contributed by atoms with Crippen LogP contribution in [0.2, 0.25) is 0 Å². The Labute approximate surface area is 272 Å². The van der Waals surface area contributed by atoms with Crippen molar-refractivity contribution in [3.8, 4) is 0 Å². The van der Waals surface area contributed by atoms with E-state index >= 15 is 0 Å². The molecule has 0 aliphatic carbocycles. The largest absolute Gasteiger partial charge is 0.528 e. The molecule has 0 unspecified atom stereocenters. The van der Waals surface area contributed by atoms with E-state index in [-0.39, 0.29) is 0 Å². The zero-order valence-corrected chi connectivity index (χ0v) is 30.5. The summed E-state index contributed by atoms with van der Waals surface area (Å²) < 4.78 is 18.0. The molecule has 0 spiro atoms. The quantitative estimate of drug-likeness (QED) is 0.0396. The summed E-state index contributed by atoms with van der Waals surface area (Å²) in [4.78, 5) is 0. The van der Waals surface area contributed by atoms with Crippen molar-refractivity contribution in [2.75, 3.05) is 20.3 Å². The molecule has 0 aliphatic heterocycles. The third-order valence-electron chi connectivity index (χ3n) is 8.45. The van der Waals surface area contributed by atoms with Crippen molar-refractivity contribution in [3.63, 3.8) is 0 Å². The molecule has 0 bridgehead atoms. The van der Waals surface area contributed by atoms with Crippen LogP contribution in [0.4, 0.5) is 0 Å². The van der Waals surface area contributed by atoms with Gasteiger partial charge >= 0.3 is 8.80 Å². The maximum Gasteiger partial charge on any atom is 0.528 e. The highest BCUT2D eigenvalue weighted by Gasteiger charge is 2.36. The predicted molar refractivity (Wildman–Crippen MR) is 194 cm³/mol. The smallest absolute Gasteiger partial charge is 0.374 e. The van der Waals surface area contributed by atoms with Crippen molar-refractivity contribution in [1.29, 1.82) is 0 Å². The first-order valence-corrected chi connectivity index (χ1v) is 20.8. The summed E-state index contributed by atoms with van der Waals surface area (Å²) in [5.41, 5.74) is 1.80. The summed E-state index contributed by atoms with van der Waals surface area (Å²) >= 11 is 0. The zero-order chi connectivity index (χ0) is 31.4.